The van der Waals surface area contributed by atoms with E-state index in [2.05, 4.69) is 30.8 Å². The van der Waals surface area contributed by atoms with Gasteiger partial charge in [0.25, 0.3) is 0 Å². The summed E-state index contributed by atoms with van der Waals surface area (Å²) in [5.74, 6) is 1.63. The van der Waals surface area contributed by atoms with E-state index in [1.807, 2.05) is 12.1 Å². The van der Waals surface area contributed by atoms with Crippen LogP contribution in [0.1, 0.15) is 38.9 Å². The molecule has 1 aromatic rings. The summed E-state index contributed by atoms with van der Waals surface area (Å²) in [6.45, 7) is 7.19. The largest absolute Gasteiger partial charge is 0.389 e. The number of aliphatic hydroxyl groups excluding tert-OH is 1. The lowest BCUT2D eigenvalue weighted by Crippen LogP contribution is -2.24. The smallest absolute Gasteiger partial charge is 0.128 e. The van der Waals surface area contributed by atoms with E-state index in [1.165, 1.54) is 6.42 Å². The molecule has 16 heavy (non-hydrogen) atoms. The van der Waals surface area contributed by atoms with Crippen LogP contribution in [0.15, 0.2) is 18.3 Å². The molecule has 1 rings (SSSR count). The van der Waals surface area contributed by atoms with Gasteiger partial charge in [0.2, 0.25) is 0 Å². The van der Waals surface area contributed by atoms with E-state index in [4.69, 9.17) is 0 Å². The summed E-state index contributed by atoms with van der Waals surface area (Å²) in [6.07, 6.45) is 2.48. The first-order chi connectivity index (χ1) is 7.54. The summed E-state index contributed by atoms with van der Waals surface area (Å²) in [5, 5.41) is 9.38. The summed E-state index contributed by atoms with van der Waals surface area (Å²) in [4.78, 5) is 6.51. The second-order valence-corrected chi connectivity index (χ2v) is 4.52. The first-order valence-electron chi connectivity index (χ1n) is 5.89. The minimum atomic E-state index is -0.443. The zero-order chi connectivity index (χ0) is 12.1. The van der Waals surface area contributed by atoms with Crippen LogP contribution in [-0.2, 0) is 0 Å². The number of pyridine rings is 1. The molecule has 0 radical (unpaired) electrons. The standard InChI is InChI=1S/C13H22N2O/c1-5-10(2)9-15(4)13-7-6-12(8-14-13)11(3)16/h6-8,10-11,16H,5,9H2,1-4H3/t10?,11-/m0/s1. The van der Waals surface area contributed by atoms with Gasteiger partial charge in [-0.2, -0.15) is 0 Å². The Morgan fingerprint density at radius 2 is 2.06 bits per heavy atom. The lowest BCUT2D eigenvalue weighted by Gasteiger charge is -2.22. The van der Waals surface area contributed by atoms with Crippen molar-refractivity contribution in [2.24, 2.45) is 5.92 Å². The van der Waals surface area contributed by atoms with Crippen LogP contribution in [0.3, 0.4) is 0 Å². The van der Waals surface area contributed by atoms with Crippen molar-refractivity contribution in [1.82, 2.24) is 4.98 Å². The Hall–Kier alpha value is -1.09. The van der Waals surface area contributed by atoms with E-state index in [0.29, 0.717) is 5.92 Å². The van der Waals surface area contributed by atoms with Gasteiger partial charge in [-0.25, -0.2) is 4.98 Å². The highest BCUT2D eigenvalue weighted by molar-refractivity contribution is 5.38. The fourth-order valence-corrected chi connectivity index (χ4v) is 1.56. The predicted molar refractivity (Wildman–Crippen MR) is 67.6 cm³/mol. The average Bonchev–Trinajstić information content (AvgIpc) is 2.28. The third kappa shape index (κ3) is 3.49. The second-order valence-electron chi connectivity index (χ2n) is 4.52. The summed E-state index contributed by atoms with van der Waals surface area (Å²) in [7, 11) is 2.05. The van der Waals surface area contributed by atoms with Crippen LogP contribution in [-0.4, -0.2) is 23.7 Å². The maximum Gasteiger partial charge on any atom is 0.128 e. The van der Waals surface area contributed by atoms with Crippen LogP contribution >= 0.6 is 0 Å². The minimum absolute atomic E-state index is 0.443. The maximum atomic E-state index is 9.38. The van der Waals surface area contributed by atoms with Gasteiger partial charge < -0.3 is 10.0 Å². The number of aromatic nitrogens is 1. The van der Waals surface area contributed by atoms with Crippen molar-refractivity contribution in [1.29, 1.82) is 0 Å². The van der Waals surface area contributed by atoms with Crippen LogP contribution < -0.4 is 4.90 Å². The average molecular weight is 222 g/mol. The maximum absolute atomic E-state index is 9.38. The fraction of sp³-hybridized carbons (Fsp3) is 0.615. The number of anilines is 1. The van der Waals surface area contributed by atoms with Gasteiger partial charge in [-0.05, 0) is 24.5 Å². The van der Waals surface area contributed by atoms with Gasteiger partial charge in [0.15, 0.2) is 0 Å². The van der Waals surface area contributed by atoms with Crippen LogP contribution in [0.2, 0.25) is 0 Å². The van der Waals surface area contributed by atoms with Gasteiger partial charge >= 0.3 is 0 Å². The van der Waals surface area contributed by atoms with Crippen molar-refractivity contribution < 1.29 is 5.11 Å². The van der Waals surface area contributed by atoms with Crippen molar-refractivity contribution in [3.05, 3.63) is 23.9 Å². The fourth-order valence-electron chi connectivity index (χ4n) is 1.56. The summed E-state index contributed by atoms with van der Waals surface area (Å²) >= 11 is 0. The zero-order valence-electron chi connectivity index (χ0n) is 10.6. The van der Waals surface area contributed by atoms with Crippen molar-refractivity contribution in [3.8, 4) is 0 Å². The van der Waals surface area contributed by atoms with Gasteiger partial charge in [-0.1, -0.05) is 26.3 Å². The number of hydrogen-bond acceptors (Lipinski definition) is 3. The van der Waals surface area contributed by atoms with E-state index in [1.54, 1.807) is 13.1 Å². The highest BCUT2D eigenvalue weighted by Crippen LogP contribution is 2.16. The molecule has 0 spiro atoms. The van der Waals surface area contributed by atoms with E-state index in [0.717, 1.165) is 17.9 Å². The summed E-state index contributed by atoms with van der Waals surface area (Å²) in [6, 6.07) is 3.89. The summed E-state index contributed by atoms with van der Waals surface area (Å²) in [5.41, 5.74) is 0.862. The molecule has 3 heteroatoms. The Morgan fingerprint density at radius 3 is 2.50 bits per heavy atom. The molecule has 0 aliphatic rings. The molecular weight excluding hydrogens is 200 g/mol. The third-order valence-corrected chi connectivity index (χ3v) is 2.93. The quantitative estimate of drug-likeness (QED) is 0.832. The molecule has 0 aliphatic heterocycles. The molecule has 1 aromatic heterocycles. The molecule has 0 aromatic carbocycles. The monoisotopic (exact) mass is 222 g/mol. The number of hydrogen-bond donors (Lipinski definition) is 1. The number of aliphatic hydroxyl groups is 1. The summed E-state index contributed by atoms with van der Waals surface area (Å²) < 4.78 is 0. The molecule has 90 valence electrons. The molecule has 3 nitrogen and oxygen atoms in total. The van der Waals surface area contributed by atoms with E-state index in [-0.39, 0.29) is 0 Å². The first kappa shape index (κ1) is 13.0. The molecule has 0 fully saturated rings. The second kappa shape index (κ2) is 5.85. The third-order valence-electron chi connectivity index (χ3n) is 2.93. The van der Waals surface area contributed by atoms with Crippen LogP contribution in [0.25, 0.3) is 0 Å². The normalized spacial score (nSPS) is 14.6. The Balaban J connectivity index is 2.66. The first-order valence-corrected chi connectivity index (χ1v) is 5.89. The van der Waals surface area contributed by atoms with Gasteiger partial charge in [0, 0.05) is 19.8 Å². The minimum Gasteiger partial charge on any atom is -0.389 e. The van der Waals surface area contributed by atoms with Crippen LogP contribution in [0.5, 0.6) is 0 Å². The molecule has 1 heterocycles. The van der Waals surface area contributed by atoms with Crippen molar-refractivity contribution in [2.75, 3.05) is 18.5 Å². The van der Waals surface area contributed by atoms with E-state index >= 15 is 0 Å². The van der Waals surface area contributed by atoms with Gasteiger partial charge in [0.05, 0.1) is 6.10 Å². The van der Waals surface area contributed by atoms with Crippen molar-refractivity contribution >= 4 is 5.82 Å². The van der Waals surface area contributed by atoms with Crippen LogP contribution in [0.4, 0.5) is 5.82 Å². The van der Waals surface area contributed by atoms with Gasteiger partial charge in [-0.3, -0.25) is 0 Å². The molecule has 1 N–H and O–H groups in total. The molecule has 0 saturated heterocycles. The van der Waals surface area contributed by atoms with Crippen molar-refractivity contribution in [2.45, 2.75) is 33.3 Å². The molecule has 0 saturated carbocycles. The SMILES string of the molecule is CCC(C)CN(C)c1ccc([C@H](C)O)cn1. The Bertz CT molecular complexity index is 308. The topological polar surface area (TPSA) is 36.4 Å². The zero-order valence-corrected chi connectivity index (χ0v) is 10.6. The van der Waals surface area contributed by atoms with E-state index < -0.39 is 6.10 Å². The highest BCUT2D eigenvalue weighted by atomic mass is 16.3. The molecule has 0 amide bonds. The number of nitrogens with zero attached hydrogens (tertiary/aromatic N) is 2. The molecule has 2 atom stereocenters. The van der Waals surface area contributed by atoms with Gasteiger partial charge in [0.1, 0.15) is 5.82 Å². The lowest BCUT2D eigenvalue weighted by molar-refractivity contribution is 0.199. The lowest BCUT2D eigenvalue weighted by atomic mass is 10.1. The molecule has 1 unspecified atom stereocenters. The van der Waals surface area contributed by atoms with Gasteiger partial charge in [-0.15, -0.1) is 0 Å². The number of rotatable bonds is 5. The molecule has 0 bridgehead atoms. The Kier molecular flexibility index (Phi) is 4.74. The van der Waals surface area contributed by atoms with Crippen LogP contribution in [0, 0.1) is 5.92 Å². The Labute approximate surface area is 98.1 Å². The Morgan fingerprint density at radius 1 is 1.38 bits per heavy atom. The predicted octanol–water partition coefficient (Wildman–Crippen LogP) is 2.62. The van der Waals surface area contributed by atoms with E-state index in [9.17, 15) is 5.11 Å². The molecule has 0 aliphatic carbocycles. The highest BCUT2D eigenvalue weighted by Gasteiger charge is 2.07. The molecular formula is C13H22N2O. The van der Waals surface area contributed by atoms with Crippen molar-refractivity contribution in [3.63, 3.8) is 0 Å².